The summed E-state index contributed by atoms with van der Waals surface area (Å²) in [6.07, 6.45) is 4.91. The summed E-state index contributed by atoms with van der Waals surface area (Å²) in [5, 5.41) is 8.90. The number of carboxylic acid groups (broad SMARTS) is 1. The normalized spacial score (nSPS) is 19.9. The van der Waals surface area contributed by atoms with Gasteiger partial charge in [-0.15, -0.1) is 0 Å². The van der Waals surface area contributed by atoms with Crippen LogP contribution >= 0.6 is 0 Å². The van der Waals surface area contributed by atoms with Gasteiger partial charge in [0, 0.05) is 19.5 Å². The van der Waals surface area contributed by atoms with Crippen LogP contribution in [0.3, 0.4) is 0 Å². The third-order valence-corrected chi connectivity index (χ3v) is 3.91. The fraction of sp³-hybridized carbons (Fsp3) is 0.846. The lowest BCUT2D eigenvalue weighted by Crippen LogP contribution is -2.38. The molecule has 17 heavy (non-hydrogen) atoms. The first-order valence-electron chi connectivity index (χ1n) is 6.41. The Morgan fingerprint density at radius 2 is 1.76 bits per heavy atom. The number of carbonyl (C=O) groups excluding carboxylic acids is 1. The van der Waals surface area contributed by atoms with Crippen molar-refractivity contribution in [2.75, 3.05) is 13.6 Å². The van der Waals surface area contributed by atoms with Crippen molar-refractivity contribution < 1.29 is 14.7 Å². The second kappa shape index (κ2) is 6.03. The van der Waals surface area contributed by atoms with Crippen molar-refractivity contribution in [1.82, 2.24) is 4.90 Å². The average molecular weight is 241 g/mol. The number of hydrogen-bond acceptors (Lipinski definition) is 2. The molecule has 0 aliphatic heterocycles. The third-order valence-electron chi connectivity index (χ3n) is 3.91. The van der Waals surface area contributed by atoms with Crippen molar-refractivity contribution in [3.63, 3.8) is 0 Å². The standard InChI is InChI=1S/C13H23NO3/c1-9(10(2)13(16)17)12(15)14(3)8-11-6-4-5-7-11/h9-11H,4-8H2,1-3H3,(H,16,17). The highest BCUT2D eigenvalue weighted by molar-refractivity contribution is 5.84. The molecule has 2 unspecified atom stereocenters. The highest BCUT2D eigenvalue weighted by atomic mass is 16.4. The predicted octanol–water partition coefficient (Wildman–Crippen LogP) is 1.99. The Morgan fingerprint density at radius 3 is 2.24 bits per heavy atom. The molecule has 1 fully saturated rings. The minimum atomic E-state index is -0.903. The maximum absolute atomic E-state index is 12.0. The lowest BCUT2D eigenvalue weighted by atomic mass is 9.94. The Bertz CT molecular complexity index is 284. The molecule has 4 nitrogen and oxygen atoms in total. The van der Waals surface area contributed by atoms with E-state index in [1.165, 1.54) is 25.7 Å². The fourth-order valence-corrected chi connectivity index (χ4v) is 2.45. The molecule has 1 aliphatic rings. The van der Waals surface area contributed by atoms with Crippen molar-refractivity contribution in [1.29, 1.82) is 0 Å². The molecular formula is C13H23NO3. The van der Waals surface area contributed by atoms with Gasteiger partial charge in [-0.05, 0) is 18.8 Å². The number of hydrogen-bond donors (Lipinski definition) is 1. The molecule has 1 N–H and O–H groups in total. The molecular weight excluding hydrogens is 218 g/mol. The molecule has 1 amide bonds. The van der Waals surface area contributed by atoms with Gasteiger partial charge < -0.3 is 10.0 Å². The van der Waals surface area contributed by atoms with Crippen LogP contribution in [0.2, 0.25) is 0 Å². The number of carbonyl (C=O) groups is 2. The van der Waals surface area contributed by atoms with Crippen LogP contribution in [-0.2, 0) is 9.59 Å². The SMILES string of the molecule is CC(C(=O)O)C(C)C(=O)N(C)CC1CCCC1. The second-order valence-electron chi connectivity index (χ2n) is 5.28. The summed E-state index contributed by atoms with van der Waals surface area (Å²) >= 11 is 0. The van der Waals surface area contributed by atoms with Crippen molar-refractivity contribution in [3.05, 3.63) is 0 Å². The Kier molecular flexibility index (Phi) is 4.97. The van der Waals surface area contributed by atoms with E-state index >= 15 is 0 Å². The van der Waals surface area contributed by atoms with Gasteiger partial charge in [0.15, 0.2) is 0 Å². The topological polar surface area (TPSA) is 57.6 Å². The molecule has 1 rings (SSSR count). The first-order valence-corrected chi connectivity index (χ1v) is 6.41. The fourth-order valence-electron chi connectivity index (χ4n) is 2.45. The van der Waals surface area contributed by atoms with E-state index in [0.29, 0.717) is 5.92 Å². The zero-order valence-electron chi connectivity index (χ0n) is 11.0. The number of aliphatic carboxylic acids is 1. The molecule has 4 heteroatoms. The lowest BCUT2D eigenvalue weighted by Gasteiger charge is -2.25. The molecule has 0 aromatic carbocycles. The van der Waals surface area contributed by atoms with Gasteiger partial charge in [-0.25, -0.2) is 0 Å². The Morgan fingerprint density at radius 1 is 1.24 bits per heavy atom. The van der Waals surface area contributed by atoms with Crippen molar-refractivity contribution >= 4 is 11.9 Å². The van der Waals surface area contributed by atoms with E-state index in [2.05, 4.69) is 0 Å². The first-order chi connectivity index (χ1) is 7.93. The van der Waals surface area contributed by atoms with E-state index in [9.17, 15) is 9.59 Å². The molecule has 1 aliphatic carbocycles. The highest BCUT2D eigenvalue weighted by Crippen LogP contribution is 2.26. The summed E-state index contributed by atoms with van der Waals surface area (Å²) in [4.78, 5) is 24.6. The summed E-state index contributed by atoms with van der Waals surface area (Å²) < 4.78 is 0. The summed E-state index contributed by atoms with van der Waals surface area (Å²) in [6, 6.07) is 0. The van der Waals surface area contributed by atoms with Gasteiger partial charge in [0.05, 0.1) is 5.92 Å². The number of amides is 1. The van der Waals surface area contributed by atoms with Crippen LogP contribution in [0.25, 0.3) is 0 Å². The van der Waals surface area contributed by atoms with E-state index in [0.717, 1.165) is 6.54 Å². The van der Waals surface area contributed by atoms with Gasteiger partial charge in [0.1, 0.15) is 0 Å². The van der Waals surface area contributed by atoms with Crippen LogP contribution in [0.1, 0.15) is 39.5 Å². The van der Waals surface area contributed by atoms with Crippen LogP contribution in [0.4, 0.5) is 0 Å². The molecule has 2 atom stereocenters. The minimum Gasteiger partial charge on any atom is -0.481 e. The molecule has 1 saturated carbocycles. The van der Waals surface area contributed by atoms with E-state index < -0.39 is 17.8 Å². The zero-order chi connectivity index (χ0) is 13.0. The van der Waals surface area contributed by atoms with Crippen LogP contribution < -0.4 is 0 Å². The summed E-state index contributed by atoms with van der Waals surface area (Å²) in [6.45, 7) is 4.07. The maximum Gasteiger partial charge on any atom is 0.307 e. The molecule has 98 valence electrons. The van der Waals surface area contributed by atoms with Crippen LogP contribution in [-0.4, -0.2) is 35.5 Å². The molecule has 0 aromatic rings. The van der Waals surface area contributed by atoms with E-state index in [1.807, 2.05) is 0 Å². The van der Waals surface area contributed by atoms with E-state index in [1.54, 1.807) is 25.8 Å². The smallest absolute Gasteiger partial charge is 0.307 e. The Labute approximate surface area is 103 Å². The monoisotopic (exact) mass is 241 g/mol. The van der Waals surface area contributed by atoms with Gasteiger partial charge in [-0.1, -0.05) is 26.7 Å². The summed E-state index contributed by atoms with van der Waals surface area (Å²) in [7, 11) is 1.78. The Hall–Kier alpha value is -1.06. The molecule has 0 bridgehead atoms. The van der Waals surface area contributed by atoms with Crippen LogP contribution in [0, 0.1) is 17.8 Å². The maximum atomic E-state index is 12.0. The van der Waals surface area contributed by atoms with Gasteiger partial charge in [0.2, 0.25) is 5.91 Å². The molecule has 0 saturated heterocycles. The van der Waals surface area contributed by atoms with Gasteiger partial charge >= 0.3 is 5.97 Å². The summed E-state index contributed by atoms with van der Waals surface area (Å²) in [5.41, 5.74) is 0. The second-order valence-corrected chi connectivity index (χ2v) is 5.28. The van der Waals surface area contributed by atoms with Crippen molar-refractivity contribution in [2.45, 2.75) is 39.5 Å². The lowest BCUT2D eigenvalue weighted by molar-refractivity contribution is -0.148. The van der Waals surface area contributed by atoms with Crippen LogP contribution in [0.15, 0.2) is 0 Å². The average Bonchev–Trinajstić information content (AvgIpc) is 2.78. The van der Waals surface area contributed by atoms with Gasteiger partial charge in [0.25, 0.3) is 0 Å². The molecule has 0 aromatic heterocycles. The summed E-state index contributed by atoms with van der Waals surface area (Å²) in [5.74, 6) is -1.41. The molecule has 0 heterocycles. The quantitative estimate of drug-likeness (QED) is 0.800. The number of nitrogens with zero attached hydrogens (tertiary/aromatic N) is 1. The van der Waals surface area contributed by atoms with Crippen molar-refractivity contribution in [2.24, 2.45) is 17.8 Å². The zero-order valence-corrected chi connectivity index (χ0v) is 11.0. The van der Waals surface area contributed by atoms with E-state index in [-0.39, 0.29) is 5.91 Å². The minimum absolute atomic E-state index is 0.0493. The third kappa shape index (κ3) is 3.72. The number of rotatable bonds is 5. The molecule has 0 spiro atoms. The van der Waals surface area contributed by atoms with Gasteiger partial charge in [-0.3, -0.25) is 9.59 Å². The molecule has 0 radical (unpaired) electrons. The highest BCUT2D eigenvalue weighted by Gasteiger charge is 2.29. The largest absolute Gasteiger partial charge is 0.481 e. The predicted molar refractivity (Wildman–Crippen MR) is 65.6 cm³/mol. The first kappa shape index (κ1) is 14.0. The van der Waals surface area contributed by atoms with Crippen molar-refractivity contribution in [3.8, 4) is 0 Å². The van der Waals surface area contributed by atoms with Gasteiger partial charge in [-0.2, -0.15) is 0 Å². The number of carboxylic acids is 1. The Balaban J connectivity index is 2.47. The van der Waals surface area contributed by atoms with E-state index in [4.69, 9.17) is 5.11 Å². The van der Waals surface area contributed by atoms with Crippen LogP contribution in [0.5, 0.6) is 0 Å².